The van der Waals surface area contributed by atoms with E-state index in [1.807, 2.05) is 54.3 Å². The number of rotatable bonds is 6. The van der Waals surface area contributed by atoms with Crippen LogP contribution in [0.4, 0.5) is 0 Å². The van der Waals surface area contributed by atoms with Crippen LogP contribution in [0.3, 0.4) is 0 Å². The summed E-state index contributed by atoms with van der Waals surface area (Å²) >= 11 is 9.23. The first kappa shape index (κ1) is 21.5. The molecule has 1 aliphatic rings. The summed E-state index contributed by atoms with van der Waals surface area (Å²) in [5, 5.41) is 3.91. The molecule has 0 spiro atoms. The molecule has 1 saturated heterocycles. The topological polar surface area (TPSA) is 67.6 Å². The van der Waals surface area contributed by atoms with Crippen molar-refractivity contribution in [2.45, 2.75) is 25.4 Å². The molecule has 0 saturated carbocycles. The Kier molecular flexibility index (Phi) is 6.38. The molecule has 0 unspecified atom stereocenters. The lowest BCUT2D eigenvalue weighted by molar-refractivity contribution is -0.140. The molecule has 1 aromatic carbocycles. The molecule has 31 heavy (non-hydrogen) atoms. The van der Waals surface area contributed by atoms with E-state index in [9.17, 15) is 4.79 Å². The summed E-state index contributed by atoms with van der Waals surface area (Å²) < 4.78 is 12.1. The zero-order valence-electron chi connectivity index (χ0n) is 17.2. The molecule has 1 aliphatic heterocycles. The maximum Gasteiger partial charge on any atom is 0.307 e. The van der Waals surface area contributed by atoms with Gasteiger partial charge in [0.25, 0.3) is 0 Å². The second kappa shape index (κ2) is 9.20. The van der Waals surface area contributed by atoms with Gasteiger partial charge in [-0.15, -0.1) is 0 Å². The molecule has 6 nitrogen and oxygen atoms in total. The highest BCUT2D eigenvalue weighted by molar-refractivity contribution is 9.10. The van der Waals surface area contributed by atoms with Crippen molar-refractivity contribution >= 4 is 39.2 Å². The third-order valence-corrected chi connectivity index (χ3v) is 6.30. The number of methoxy groups -OCH3 is 1. The Morgan fingerprint density at radius 3 is 2.84 bits per heavy atom. The summed E-state index contributed by atoms with van der Waals surface area (Å²) in [6.07, 6.45) is 1.98. The lowest BCUT2D eigenvalue weighted by atomic mass is 10.0. The molecule has 4 rings (SSSR count). The predicted molar refractivity (Wildman–Crippen MR) is 125 cm³/mol. The lowest BCUT2D eigenvalue weighted by Gasteiger charge is -2.25. The quantitative estimate of drug-likeness (QED) is 0.380. The fraction of sp³-hybridized carbons (Fsp3) is 0.261. The van der Waals surface area contributed by atoms with Gasteiger partial charge in [-0.1, -0.05) is 28.1 Å². The van der Waals surface area contributed by atoms with Crippen molar-refractivity contribution in [1.82, 2.24) is 15.2 Å². The highest BCUT2D eigenvalue weighted by Gasteiger charge is 2.41. The van der Waals surface area contributed by atoms with Crippen LogP contribution in [0.5, 0.6) is 0 Å². The van der Waals surface area contributed by atoms with Crippen molar-refractivity contribution in [3.05, 3.63) is 76.2 Å². The van der Waals surface area contributed by atoms with Crippen LogP contribution in [0.2, 0.25) is 0 Å². The Labute approximate surface area is 194 Å². The fourth-order valence-electron chi connectivity index (χ4n) is 3.75. The second-order valence-corrected chi connectivity index (χ2v) is 8.57. The van der Waals surface area contributed by atoms with Gasteiger partial charge in [0.2, 0.25) is 0 Å². The molecule has 2 atom stereocenters. The number of thiocarbonyl (C=S) groups is 1. The standard InChI is InChI=1S/C23H22BrN3O3S/c1-14-6-7-15(16(24)13-14)18-8-9-19(30-18)22-21(17-5-3-4-11-25-17)26-23(31)27(22)12-10-20(28)29-2/h3-9,11,13,21-22H,10,12H2,1-2H3,(H,26,31)/t21-,22-/m0/s1. The number of pyridine rings is 1. The number of hydrogen-bond acceptors (Lipinski definition) is 5. The number of nitrogens with one attached hydrogen (secondary N) is 1. The molecule has 2 aromatic heterocycles. The smallest absolute Gasteiger partial charge is 0.307 e. The van der Waals surface area contributed by atoms with Gasteiger partial charge < -0.3 is 19.4 Å². The van der Waals surface area contributed by atoms with Gasteiger partial charge in [0, 0.05) is 22.8 Å². The first-order valence-corrected chi connectivity index (χ1v) is 11.1. The Morgan fingerprint density at radius 1 is 1.29 bits per heavy atom. The number of benzene rings is 1. The maximum absolute atomic E-state index is 11.8. The van der Waals surface area contributed by atoms with E-state index in [-0.39, 0.29) is 24.5 Å². The number of ether oxygens (including phenoxy) is 1. The highest BCUT2D eigenvalue weighted by atomic mass is 79.9. The zero-order chi connectivity index (χ0) is 22.0. The third-order valence-electron chi connectivity index (χ3n) is 5.29. The SMILES string of the molecule is COC(=O)CCN1C(=S)N[C@@H](c2ccccn2)[C@@H]1c1ccc(-c2ccc(C)cc2Br)o1. The Bertz CT molecular complexity index is 1100. The number of furan rings is 1. The molecule has 8 heteroatoms. The number of nitrogens with zero attached hydrogens (tertiary/aromatic N) is 2. The molecule has 160 valence electrons. The van der Waals surface area contributed by atoms with Crippen LogP contribution in [0.25, 0.3) is 11.3 Å². The molecule has 1 fully saturated rings. The fourth-order valence-corrected chi connectivity index (χ4v) is 4.77. The number of carbonyl (C=O) groups excluding carboxylic acids is 1. The van der Waals surface area contributed by atoms with Crippen LogP contribution in [0.15, 0.2) is 63.6 Å². The molecule has 3 aromatic rings. The van der Waals surface area contributed by atoms with Gasteiger partial charge in [-0.25, -0.2) is 0 Å². The van der Waals surface area contributed by atoms with E-state index in [4.69, 9.17) is 21.4 Å². The average molecular weight is 500 g/mol. The summed E-state index contributed by atoms with van der Waals surface area (Å²) in [6.45, 7) is 2.46. The van der Waals surface area contributed by atoms with E-state index in [2.05, 4.69) is 32.3 Å². The Hall–Kier alpha value is -2.71. The maximum atomic E-state index is 11.8. The van der Waals surface area contributed by atoms with Gasteiger partial charge in [0.1, 0.15) is 17.6 Å². The van der Waals surface area contributed by atoms with E-state index in [0.717, 1.165) is 32.8 Å². The molecule has 0 radical (unpaired) electrons. The summed E-state index contributed by atoms with van der Waals surface area (Å²) in [6, 6.07) is 15.4. The van der Waals surface area contributed by atoms with Gasteiger partial charge in [-0.2, -0.15) is 0 Å². The van der Waals surface area contributed by atoms with Gasteiger partial charge in [-0.3, -0.25) is 9.78 Å². The average Bonchev–Trinajstić information content (AvgIpc) is 3.37. The van der Waals surface area contributed by atoms with Crippen LogP contribution in [-0.2, 0) is 9.53 Å². The van der Waals surface area contributed by atoms with Crippen molar-refractivity contribution < 1.29 is 13.9 Å². The Morgan fingerprint density at radius 2 is 2.13 bits per heavy atom. The van der Waals surface area contributed by atoms with Crippen molar-refractivity contribution in [2.75, 3.05) is 13.7 Å². The summed E-state index contributed by atoms with van der Waals surface area (Å²) in [7, 11) is 1.38. The number of aryl methyl sites for hydroxylation is 1. The minimum atomic E-state index is -0.286. The van der Waals surface area contributed by atoms with Crippen molar-refractivity contribution in [3.8, 4) is 11.3 Å². The van der Waals surface area contributed by atoms with Gasteiger partial charge in [0.15, 0.2) is 5.11 Å². The molecular weight excluding hydrogens is 478 g/mol. The third kappa shape index (κ3) is 4.50. The molecule has 1 N–H and O–H groups in total. The van der Waals surface area contributed by atoms with E-state index >= 15 is 0 Å². The number of esters is 1. The van der Waals surface area contributed by atoms with Gasteiger partial charge in [-0.05, 0) is 61.1 Å². The van der Waals surface area contributed by atoms with E-state index in [1.54, 1.807) is 6.20 Å². The van der Waals surface area contributed by atoms with Crippen molar-refractivity contribution in [3.63, 3.8) is 0 Å². The van der Waals surface area contributed by atoms with Crippen LogP contribution in [-0.4, -0.2) is 34.6 Å². The first-order valence-electron chi connectivity index (χ1n) is 9.89. The number of carbonyl (C=O) groups is 1. The largest absolute Gasteiger partial charge is 0.469 e. The number of halogens is 1. The van der Waals surface area contributed by atoms with Crippen LogP contribution in [0, 0.1) is 6.92 Å². The summed E-state index contributed by atoms with van der Waals surface area (Å²) in [4.78, 5) is 18.3. The first-order chi connectivity index (χ1) is 15.0. The van der Waals surface area contributed by atoms with Crippen molar-refractivity contribution in [2.24, 2.45) is 0 Å². The molecule has 0 aliphatic carbocycles. The minimum absolute atomic E-state index is 0.202. The number of hydrogen-bond donors (Lipinski definition) is 1. The van der Waals surface area contributed by atoms with E-state index in [1.165, 1.54) is 7.11 Å². The van der Waals surface area contributed by atoms with Crippen LogP contribution < -0.4 is 5.32 Å². The number of aromatic nitrogens is 1. The van der Waals surface area contributed by atoms with Crippen LogP contribution in [0.1, 0.15) is 35.5 Å². The Balaban J connectivity index is 1.70. The lowest BCUT2D eigenvalue weighted by Crippen LogP contribution is -2.31. The van der Waals surface area contributed by atoms with E-state index in [0.29, 0.717) is 11.7 Å². The second-order valence-electron chi connectivity index (χ2n) is 7.33. The normalized spacial score (nSPS) is 18.2. The minimum Gasteiger partial charge on any atom is -0.469 e. The zero-order valence-corrected chi connectivity index (χ0v) is 19.6. The molecule has 3 heterocycles. The van der Waals surface area contributed by atoms with Crippen LogP contribution >= 0.6 is 28.1 Å². The molecular formula is C23H22BrN3O3S. The summed E-state index contributed by atoms with van der Waals surface area (Å²) in [5.41, 5.74) is 2.99. The van der Waals surface area contributed by atoms with Gasteiger partial charge >= 0.3 is 5.97 Å². The monoisotopic (exact) mass is 499 g/mol. The predicted octanol–water partition coefficient (Wildman–Crippen LogP) is 4.95. The van der Waals surface area contributed by atoms with Gasteiger partial charge in [0.05, 0.1) is 25.3 Å². The van der Waals surface area contributed by atoms with E-state index < -0.39 is 0 Å². The molecule has 0 bridgehead atoms. The van der Waals surface area contributed by atoms with Crippen molar-refractivity contribution in [1.29, 1.82) is 0 Å². The molecule has 0 amide bonds. The highest BCUT2D eigenvalue weighted by Crippen LogP contribution is 2.41. The summed E-state index contributed by atoms with van der Waals surface area (Å²) in [5.74, 6) is 1.22.